The number of fused-ring (bicyclic) bond motifs is 1. The molecule has 27 heavy (non-hydrogen) atoms. The number of aromatic nitrogens is 5. The monoisotopic (exact) mass is 368 g/mol. The number of pyridine rings is 1. The van der Waals surface area contributed by atoms with Crippen LogP contribution in [0.15, 0.2) is 35.6 Å². The van der Waals surface area contributed by atoms with Gasteiger partial charge in [-0.1, -0.05) is 0 Å². The van der Waals surface area contributed by atoms with E-state index in [1.165, 1.54) is 6.33 Å². The van der Waals surface area contributed by atoms with Crippen molar-refractivity contribution in [2.24, 2.45) is 0 Å². The van der Waals surface area contributed by atoms with Gasteiger partial charge >= 0.3 is 5.69 Å². The molecule has 3 heterocycles. The van der Waals surface area contributed by atoms with Crippen LogP contribution in [0.25, 0.3) is 11.2 Å². The fourth-order valence-corrected chi connectivity index (χ4v) is 3.93. The first-order chi connectivity index (χ1) is 13.1. The van der Waals surface area contributed by atoms with Crippen molar-refractivity contribution < 1.29 is 4.74 Å². The number of nitrogens with one attached hydrogen (secondary N) is 1. The maximum Gasteiger partial charge on any atom is 0.330 e. The van der Waals surface area contributed by atoms with Gasteiger partial charge in [-0.05, 0) is 45.2 Å². The standard InChI is InChI=1S/C19H24N6O2/c1-12(2)24-16-10-20-11-22-18(16)25(19(24)26)14-5-4-13(8-14)23-17-7-6-15(27-3)9-21-17/h6-7,9-14H,4-5,8H2,1-3H3,(H,21,23). The molecule has 1 aliphatic rings. The number of methoxy groups -OCH3 is 1. The van der Waals surface area contributed by atoms with Crippen LogP contribution in [0.2, 0.25) is 0 Å². The van der Waals surface area contributed by atoms with E-state index in [9.17, 15) is 4.79 Å². The molecule has 2 unspecified atom stereocenters. The number of imidazole rings is 1. The van der Waals surface area contributed by atoms with Gasteiger partial charge in [-0.2, -0.15) is 0 Å². The first kappa shape index (κ1) is 17.5. The predicted molar refractivity (Wildman–Crippen MR) is 103 cm³/mol. The van der Waals surface area contributed by atoms with Crippen LogP contribution in [0.1, 0.15) is 45.2 Å². The summed E-state index contributed by atoms with van der Waals surface area (Å²) in [5, 5.41) is 3.47. The fraction of sp³-hybridized carbons (Fsp3) is 0.474. The molecule has 1 fully saturated rings. The molecule has 0 aliphatic heterocycles. The molecule has 0 bridgehead atoms. The van der Waals surface area contributed by atoms with Gasteiger partial charge in [0.2, 0.25) is 0 Å². The Hall–Kier alpha value is -2.90. The molecular formula is C19H24N6O2. The van der Waals surface area contributed by atoms with Gasteiger partial charge in [0.25, 0.3) is 0 Å². The molecule has 4 rings (SSSR count). The minimum Gasteiger partial charge on any atom is -0.495 e. The molecule has 0 radical (unpaired) electrons. The van der Waals surface area contributed by atoms with Crippen molar-refractivity contribution in [3.05, 3.63) is 41.3 Å². The number of nitrogens with zero attached hydrogens (tertiary/aromatic N) is 5. The maximum absolute atomic E-state index is 13.1. The largest absolute Gasteiger partial charge is 0.495 e. The lowest BCUT2D eigenvalue weighted by molar-refractivity contribution is 0.413. The topological polar surface area (TPSA) is 86.9 Å². The number of hydrogen-bond acceptors (Lipinski definition) is 6. The molecule has 8 heteroatoms. The molecule has 0 saturated heterocycles. The summed E-state index contributed by atoms with van der Waals surface area (Å²) >= 11 is 0. The molecule has 3 aromatic heterocycles. The Kier molecular flexibility index (Phi) is 4.55. The second kappa shape index (κ2) is 7.02. The number of ether oxygens (including phenoxy) is 1. The normalized spacial score (nSPS) is 19.7. The lowest BCUT2D eigenvalue weighted by Gasteiger charge is -2.15. The quantitative estimate of drug-likeness (QED) is 0.745. The lowest BCUT2D eigenvalue weighted by atomic mass is 10.2. The Morgan fingerprint density at radius 2 is 2.07 bits per heavy atom. The van der Waals surface area contributed by atoms with Crippen LogP contribution >= 0.6 is 0 Å². The summed E-state index contributed by atoms with van der Waals surface area (Å²) < 4.78 is 8.77. The molecular weight excluding hydrogens is 344 g/mol. The Labute approximate surface area is 157 Å². The molecule has 0 amide bonds. The lowest BCUT2D eigenvalue weighted by Crippen LogP contribution is -2.28. The van der Waals surface area contributed by atoms with E-state index in [4.69, 9.17) is 4.74 Å². The van der Waals surface area contributed by atoms with E-state index in [1.807, 2.05) is 30.5 Å². The predicted octanol–water partition coefficient (Wildman–Crippen LogP) is 2.78. The third-order valence-corrected chi connectivity index (χ3v) is 5.18. The average molecular weight is 368 g/mol. The van der Waals surface area contributed by atoms with Crippen molar-refractivity contribution in [1.29, 1.82) is 0 Å². The summed E-state index contributed by atoms with van der Waals surface area (Å²) in [7, 11) is 1.63. The first-order valence-electron chi connectivity index (χ1n) is 9.27. The summed E-state index contributed by atoms with van der Waals surface area (Å²) in [4.78, 5) is 25.9. The van der Waals surface area contributed by atoms with Crippen LogP contribution in [-0.4, -0.2) is 37.2 Å². The van der Waals surface area contributed by atoms with Crippen molar-refractivity contribution in [1.82, 2.24) is 24.1 Å². The molecule has 1 N–H and O–H groups in total. The zero-order chi connectivity index (χ0) is 19.0. The van der Waals surface area contributed by atoms with Crippen molar-refractivity contribution in [2.45, 2.75) is 51.2 Å². The van der Waals surface area contributed by atoms with Gasteiger partial charge in [-0.15, -0.1) is 0 Å². The molecule has 0 aromatic carbocycles. The fourth-order valence-electron chi connectivity index (χ4n) is 3.93. The Morgan fingerprint density at radius 3 is 2.78 bits per heavy atom. The summed E-state index contributed by atoms with van der Waals surface area (Å²) in [6.45, 7) is 4.01. The van der Waals surface area contributed by atoms with E-state index in [0.717, 1.165) is 42.0 Å². The van der Waals surface area contributed by atoms with E-state index < -0.39 is 0 Å². The van der Waals surface area contributed by atoms with Gasteiger partial charge < -0.3 is 10.1 Å². The first-order valence-corrected chi connectivity index (χ1v) is 9.27. The molecule has 0 spiro atoms. The van der Waals surface area contributed by atoms with Gasteiger partial charge in [0.1, 0.15) is 23.4 Å². The van der Waals surface area contributed by atoms with Crippen LogP contribution in [0.5, 0.6) is 5.75 Å². The van der Waals surface area contributed by atoms with Crippen LogP contribution < -0.4 is 15.7 Å². The maximum atomic E-state index is 13.1. The van der Waals surface area contributed by atoms with Crippen LogP contribution in [0, 0.1) is 0 Å². The van der Waals surface area contributed by atoms with E-state index in [2.05, 4.69) is 20.3 Å². The molecule has 1 aliphatic carbocycles. The Morgan fingerprint density at radius 1 is 1.22 bits per heavy atom. The van der Waals surface area contributed by atoms with E-state index in [1.54, 1.807) is 24.1 Å². The second-order valence-electron chi connectivity index (χ2n) is 7.24. The van der Waals surface area contributed by atoms with E-state index in [-0.39, 0.29) is 23.8 Å². The zero-order valence-electron chi connectivity index (χ0n) is 15.8. The summed E-state index contributed by atoms with van der Waals surface area (Å²) in [5.74, 6) is 1.55. The molecule has 3 aromatic rings. The van der Waals surface area contributed by atoms with Crippen LogP contribution in [0.3, 0.4) is 0 Å². The van der Waals surface area contributed by atoms with Gasteiger partial charge in [-0.25, -0.2) is 19.7 Å². The summed E-state index contributed by atoms with van der Waals surface area (Å²) in [5.41, 5.74) is 1.51. The highest BCUT2D eigenvalue weighted by Crippen LogP contribution is 2.33. The van der Waals surface area contributed by atoms with Crippen LogP contribution in [-0.2, 0) is 0 Å². The molecule has 8 nitrogen and oxygen atoms in total. The van der Waals surface area contributed by atoms with Crippen LogP contribution in [0.4, 0.5) is 5.82 Å². The third-order valence-electron chi connectivity index (χ3n) is 5.18. The highest BCUT2D eigenvalue weighted by Gasteiger charge is 2.30. The Balaban J connectivity index is 1.58. The number of hydrogen-bond donors (Lipinski definition) is 1. The van der Waals surface area contributed by atoms with Crippen molar-refractivity contribution in [3.63, 3.8) is 0 Å². The second-order valence-corrected chi connectivity index (χ2v) is 7.24. The zero-order valence-corrected chi connectivity index (χ0v) is 15.8. The summed E-state index contributed by atoms with van der Waals surface area (Å²) in [6.07, 6.45) is 7.70. The van der Waals surface area contributed by atoms with E-state index >= 15 is 0 Å². The highest BCUT2D eigenvalue weighted by molar-refractivity contribution is 5.70. The van der Waals surface area contributed by atoms with Crippen molar-refractivity contribution >= 4 is 17.0 Å². The number of rotatable bonds is 5. The minimum absolute atomic E-state index is 0.00581. The van der Waals surface area contributed by atoms with Gasteiger partial charge in [0, 0.05) is 18.1 Å². The Bertz CT molecular complexity index is 992. The van der Waals surface area contributed by atoms with Gasteiger partial charge in [0.15, 0.2) is 5.65 Å². The average Bonchev–Trinajstić information content (AvgIpc) is 3.23. The van der Waals surface area contributed by atoms with Crippen molar-refractivity contribution in [3.8, 4) is 5.75 Å². The molecule has 2 atom stereocenters. The minimum atomic E-state index is -0.00581. The smallest absolute Gasteiger partial charge is 0.330 e. The van der Waals surface area contributed by atoms with E-state index in [0.29, 0.717) is 0 Å². The number of anilines is 1. The summed E-state index contributed by atoms with van der Waals surface area (Å²) in [6, 6.07) is 4.24. The van der Waals surface area contributed by atoms with Crippen molar-refractivity contribution in [2.75, 3.05) is 12.4 Å². The molecule has 1 saturated carbocycles. The third kappa shape index (κ3) is 3.15. The van der Waals surface area contributed by atoms with Gasteiger partial charge in [-0.3, -0.25) is 9.13 Å². The molecule has 142 valence electrons. The van der Waals surface area contributed by atoms with Gasteiger partial charge in [0.05, 0.1) is 19.5 Å². The SMILES string of the molecule is COc1ccc(NC2CCC(n3c(=O)n(C(C)C)c4cncnc43)C2)nc1. The highest BCUT2D eigenvalue weighted by atomic mass is 16.5.